The van der Waals surface area contributed by atoms with Gasteiger partial charge in [0.1, 0.15) is 10.6 Å². The fourth-order valence-electron chi connectivity index (χ4n) is 4.28. The van der Waals surface area contributed by atoms with E-state index in [1.165, 1.54) is 97.1 Å². The molecule has 0 saturated heterocycles. The van der Waals surface area contributed by atoms with E-state index in [0.717, 1.165) is 11.6 Å². The quantitative estimate of drug-likeness (QED) is 0.272. The van der Waals surface area contributed by atoms with Crippen LogP contribution in [0.1, 0.15) is 5.56 Å². The number of anilines is 1. The molecule has 40 heavy (non-hydrogen) atoms. The lowest BCUT2D eigenvalue weighted by Gasteiger charge is -2.26. The number of benzene rings is 5. The molecule has 5 rings (SSSR count). The topological polar surface area (TPSA) is 126 Å². The summed E-state index contributed by atoms with van der Waals surface area (Å²) in [6.45, 7) is 1.75. The first-order valence-corrected chi connectivity index (χ1v) is 16.3. The molecule has 5 aromatic rings. The molecular formula is C29H23NO7S3. The molecule has 0 atom stereocenters. The smallest absolute Gasteiger partial charge is 0.277 e. The normalized spacial score (nSPS) is 12.3. The number of sulfonamides is 2. The van der Waals surface area contributed by atoms with E-state index in [0.29, 0.717) is 0 Å². The number of phenols is 1. The zero-order valence-corrected chi connectivity index (χ0v) is 23.5. The van der Waals surface area contributed by atoms with Crippen molar-refractivity contribution in [3.8, 4) is 5.75 Å². The molecule has 0 aliphatic heterocycles. The van der Waals surface area contributed by atoms with Crippen molar-refractivity contribution in [2.24, 2.45) is 0 Å². The van der Waals surface area contributed by atoms with Crippen molar-refractivity contribution >= 4 is 46.3 Å². The zero-order valence-electron chi connectivity index (χ0n) is 21.0. The highest BCUT2D eigenvalue weighted by molar-refractivity contribution is 8.10. The summed E-state index contributed by atoms with van der Waals surface area (Å²) >= 11 is 0. The molecule has 0 spiro atoms. The maximum Gasteiger partial charge on any atom is 0.277 e. The van der Waals surface area contributed by atoms with Crippen LogP contribution in [0.2, 0.25) is 0 Å². The minimum atomic E-state index is -4.84. The fourth-order valence-corrected chi connectivity index (χ4v) is 9.42. The standard InChI is InChI=1S/C29H23NO7S3/c1-21-16-18-24(19-17-21)40(36,37)30(39(34,35)23-12-6-3-7-13-23)27-20-28(29(31)26-15-9-8-14-25(26)27)38(32,33)22-10-4-2-5-11-22/h2-20,31H,1H3. The molecule has 0 unspecified atom stereocenters. The van der Waals surface area contributed by atoms with Gasteiger partial charge in [-0.15, -0.1) is 0 Å². The summed E-state index contributed by atoms with van der Waals surface area (Å²) < 4.78 is 84.1. The fraction of sp³-hybridized carbons (Fsp3) is 0.0345. The van der Waals surface area contributed by atoms with E-state index in [-0.39, 0.29) is 29.2 Å². The van der Waals surface area contributed by atoms with Gasteiger partial charge in [-0.25, -0.2) is 25.3 Å². The molecule has 8 nitrogen and oxygen atoms in total. The van der Waals surface area contributed by atoms with Crippen LogP contribution >= 0.6 is 0 Å². The Morgan fingerprint density at radius 2 is 1.00 bits per heavy atom. The van der Waals surface area contributed by atoms with Crippen LogP contribution in [0.5, 0.6) is 5.75 Å². The lowest BCUT2D eigenvalue weighted by atomic mass is 10.1. The number of aryl methyl sites for hydroxylation is 1. The average molecular weight is 594 g/mol. The van der Waals surface area contributed by atoms with Gasteiger partial charge in [0, 0.05) is 10.8 Å². The van der Waals surface area contributed by atoms with Gasteiger partial charge in [-0.05, 0) is 49.4 Å². The second kappa shape index (κ2) is 10.1. The van der Waals surface area contributed by atoms with Crippen LogP contribution < -0.4 is 3.71 Å². The van der Waals surface area contributed by atoms with Crippen molar-refractivity contribution in [1.29, 1.82) is 0 Å². The first-order valence-electron chi connectivity index (χ1n) is 11.9. The van der Waals surface area contributed by atoms with Crippen LogP contribution in [-0.2, 0) is 29.9 Å². The predicted octanol–water partition coefficient (Wildman–Crippen LogP) is 5.27. The van der Waals surface area contributed by atoms with Crippen molar-refractivity contribution in [2.75, 3.05) is 3.71 Å². The van der Waals surface area contributed by atoms with Gasteiger partial charge in [-0.3, -0.25) is 0 Å². The van der Waals surface area contributed by atoms with Gasteiger partial charge < -0.3 is 5.11 Å². The van der Waals surface area contributed by atoms with E-state index in [1.807, 2.05) is 0 Å². The molecule has 11 heteroatoms. The van der Waals surface area contributed by atoms with Crippen LogP contribution in [0.15, 0.2) is 135 Å². The number of hydrogen-bond donors (Lipinski definition) is 1. The third-order valence-corrected chi connectivity index (χ3v) is 12.3. The minimum Gasteiger partial charge on any atom is -0.506 e. The van der Waals surface area contributed by atoms with E-state index in [4.69, 9.17) is 0 Å². The monoisotopic (exact) mass is 593 g/mol. The van der Waals surface area contributed by atoms with Crippen molar-refractivity contribution in [3.63, 3.8) is 0 Å². The molecule has 0 bridgehead atoms. The first-order chi connectivity index (χ1) is 19.0. The van der Waals surface area contributed by atoms with Crippen LogP contribution in [0.25, 0.3) is 10.8 Å². The maximum absolute atomic E-state index is 14.2. The Morgan fingerprint density at radius 1 is 0.550 bits per heavy atom. The summed E-state index contributed by atoms with van der Waals surface area (Å²) in [6.07, 6.45) is 0. The van der Waals surface area contributed by atoms with Gasteiger partial charge in [-0.1, -0.05) is 78.4 Å². The summed E-state index contributed by atoms with van der Waals surface area (Å²) in [4.78, 5) is -1.44. The van der Waals surface area contributed by atoms with Gasteiger partial charge in [0.15, 0.2) is 0 Å². The lowest BCUT2D eigenvalue weighted by Crippen LogP contribution is -2.37. The van der Waals surface area contributed by atoms with Crippen LogP contribution in [0, 0.1) is 6.92 Å². The summed E-state index contributed by atoms with van der Waals surface area (Å²) in [5.74, 6) is -0.631. The molecule has 204 valence electrons. The number of fused-ring (bicyclic) bond motifs is 1. The lowest BCUT2D eigenvalue weighted by molar-refractivity contribution is 0.465. The summed E-state index contributed by atoms with van der Waals surface area (Å²) in [6, 6.07) is 26.6. The SMILES string of the molecule is Cc1ccc(S(=O)(=O)N(c2cc(S(=O)(=O)c3ccccc3)c(O)c3ccccc23)S(=O)(=O)c2ccccc2)cc1. The summed E-state index contributed by atoms with van der Waals surface area (Å²) in [5, 5.41) is 11.1. The average Bonchev–Trinajstić information content (AvgIpc) is 2.95. The minimum absolute atomic E-state index is 0.0159. The maximum atomic E-state index is 14.2. The van der Waals surface area contributed by atoms with Gasteiger partial charge in [0.25, 0.3) is 20.0 Å². The van der Waals surface area contributed by atoms with Gasteiger partial charge in [0.05, 0.1) is 20.4 Å². The third-order valence-electron chi connectivity index (χ3n) is 6.30. The number of phenolic OH excluding ortho intramolecular Hbond substituents is 1. The highest BCUT2D eigenvalue weighted by atomic mass is 32.3. The van der Waals surface area contributed by atoms with E-state index in [1.54, 1.807) is 19.1 Å². The Bertz CT molecular complexity index is 2040. The molecule has 1 N–H and O–H groups in total. The first kappa shape index (κ1) is 27.4. The molecule has 0 radical (unpaired) electrons. The predicted molar refractivity (Wildman–Crippen MR) is 152 cm³/mol. The van der Waals surface area contributed by atoms with Crippen molar-refractivity contribution < 1.29 is 30.4 Å². The molecule has 5 aromatic carbocycles. The number of hydrogen-bond acceptors (Lipinski definition) is 7. The second-order valence-electron chi connectivity index (χ2n) is 8.94. The molecule has 0 saturated carbocycles. The van der Waals surface area contributed by atoms with E-state index in [9.17, 15) is 30.4 Å². The van der Waals surface area contributed by atoms with E-state index >= 15 is 0 Å². The van der Waals surface area contributed by atoms with E-state index < -0.39 is 46.2 Å². The second-order valence-corrected chi connectivity index (χ2v) is 14.7. The third kappa shape index (κ3) is 4.61. The van der Waals surface area contributed by atoms with Crippen molar-refractivity contribution in [1.82, 2.24) is 0 Å². The molecular weight excluding hydrogens is 571 g/mol. The van der Waals surface area contributed by atoms with E-state index in [2.05, 4.69) is 0 Å². The summed E-state index contributed by atoms with van der Waals surface area (Å²) in [7, 11) is -14.1. The summed E-state index contributed by atoms with van der Waals surface area (Å²) in [5.41, 5.74) is 0.301. The van der Waals surface area contributed by atoms with Crippen LogP contribution in [0.4, 0.5) is 5.69 Å². The Hall–Kier alpha value is -4.19. The zero-order chi connectivity index (χ0) is 28.7. The van der Waals surface area contributed by atoms with Crippen LogP contribution in [-0.4, -0.2) is 30.4 Å². The van der Waals surface area contributed by atoms with Gasteiger partial charge in [0.2, 0.25) is 9.84 Å². The molecule has 0 aliphatic rings. The number of sulfone groups is 1. The molecule has 0 heterocycles. The van der Waals surface area contributed by atoms with Crippen molar-refractivity contribution in [2.45, 2.75) is 26.5 Å². The molecule has 0 aliphatic carbocycles. The Labute approximate surface area is 232 Å². The highest BCUT2D eigenvalue weighted by Crippen LogP contribution is 2.43. The van der Waals surface area contributed by atoms with Gasteiger partial charge in [-0.2, -0.15) is 3.71 Å². The largest absolute Gasteiger partial charge is 0.506 e. The number of aromatic hydroxyl groups is 1. The van der Waals surface area contributed by atoms with Gasteiger partial charge >= 0.3 is 0 Å². The Morgan fingerprint density at radius 3 is 1.55 bits per heavy atom. The molecule has 0 amide bonds. The Balaban J connectivity index is 1.91. The highest BCUT2D eigenvalue weighted by Gasteiger charge is 2.39. The van der Waals surface area contributed by atoms with Crippen molar-refractivity contribution in [3.05, 3.63) is 121 Å². The number of rotatable bonds is 7. The Kier molecular flexibility index (Phi) is 6.90. The molecule has 0 aromatic heterocycles. The number of nitrogens with zero attached hydrogens (tertiary/aromatic N) is 1. The van der Waals surface area contributed by atoms with Crippen LogP contribution in [0.3, 0.4) is 0 Å². The molecule has 0 fully saturated rings.